The lowest BCUT2D eigenvalue weighted by atomic mass is 10.0. The van der Waals surface area contributed by atoms with Crippen molar-refractivity contribution in [3.63, 3.8) is 0 Å². The first-order valence-electron chi connectivity index (χ1n) is 7.90. The Bertz CT molecular complexity index is 1110. The van der Waals surface area contributed by atoms with Gasteiger partial charge in [-0.15, -0.1) is 0 Å². The molecule has 0 saturated heterocycles. The first-order chi connectivity index (χ1) is 12.3. The quantitative estimate of drug-likeness (QED) is 0.590. The number of nitrogens with zero attached hydrogens (tertiary/aromatic N) is 2. The Labute approximate surface area is 145 Å². The van der Waals surface area contributed by atoms with Gasteiger partial charge in [0.1, 0.15) is 11.4 Å². The maximum absolute atomic E-state index is 9.11. The minimum absolute atomic E-state index is 0.639. The highest BCUT2D eigenvalue weighted by atomic mass is 16.5. The van der Waals surface area contributed by atoms with Gasteiger partial charge in [0.15, 0.2) is 0 Å². The van der Waals surface area contributed by atoms with Crippen molar-refractivity contribution in [3.05, 3.63) is 72.6 Å². The Morgan fingerprint density at radius 1 is 1.00 bits per heavy atom. The van der Waals surface area contributed by atoms with Crippen molar-refractivity contribution in [3.8, 4) is 34.1 Å². The number of rotatable bonds is 3. The zero-order valence-corrected chi connectivity index (χ0v) is 13.7. The van der Waals surface area contributed by atoms with Gasteiger partial charge in [-0.3, -0.25) is 0 Å². The van der Waals surface area contributed by atoms with E-state index in [0.29, 0.717) is 5.56 Å². The molecule has 0 unspecified atom stereocenters. The number of aromatic amines is 1. The van der Waals surface area contributed by atoms with Crippen LogP contribution < -0.4 is 4.74 Å². The minimum Gasteiger partial charge on any atom is -0.497 e. The summed E-state index contributed by atoms with van der Waals surface area (Å²) in [6, 6.07) is 19.8. The number of aromatic nitrogens is 2. The molecule has 4 nitrogen and oxygen atoms in total. The van der Waals surface area contributed by atoms with E-state index in [1.807, 2.05) is 54.9 Å². The third-order valence-electron chi connectivity index (χ3n) is 4.24. The summed E-state index contributed by atoms with van der Waals surface area (Å²) in [5.41, 5.74) is 5.56. The molecule has 0 amide bonds. The van der Waals surface area contributed by atoms with Crippen LogP contribution >= 0.6 is 0 Å². The molecule has 4 aromatic rings. The molecule has 0 bridgehead atoms. The molecule has 0 aliphatic heterocycles. The molecule has 2 aromatic heterocycles. The van der Waals surface area contributed by atoms with Crippen molar-refractivity contribution in [1.29, 1.82) is 5.26 Å². The van der Waals surface area contributed by atoms with Crippen LogP contribution in [-0.2, 0) is 0 Å². The van der Waals surface area contributed by atoms with Crippen molar-refractivity contribution in [2.45, 2.75) is 0 Å². The van der Waals surface area contributed by atoms with Crippen molar-refractivity contribution in [2.75, 3.05) is 7.11 Å². The van der Waals surface area contributed by atoms with E-state index < -0.39 is 0 Å². The first-order valence-corrected chi connectivity index (χ1v) is 7.90. The highest BCUT2D eigenvalue weighted by Gasteiger charge is 2.10. The second-order valence-corrected chi connectivity index (χ2v) is 5.75. The van der Waals surface area contributed by atoms with Crippen molar-refractivity contribution in [1.82, 2.24) is 9.97 Å². The third kappa shape index (κ3) is 2.73. The Morgan fingerprint density at radius 2 is 1.84 bits per heavy atom. The Kier molecular flexibility index (Phi) is 3.68. The molecule has 0 aliphatic rings. The summed E-state index contributed by atoms with van der Waals surface area (Å²) in [6.07, 6.45) is 3.78. The van der Waals surface area contributed by atoms with Crippen LogP contribution in [0, 0.1) is 11.3 Å². The smallest absolute Gasteiger partial charge is 0.137 e. The molecule has 0 fully saturated rings. The fourth-order valence-electron chi connectivity index (χ4n) is 2.96. The summed E-state index contributed by atoms with van der Waals surface area (Å²) >= 11 is 0. The average Bonchev–Trinajstić information content (AvgIpc) is 3.11. The number of H-pyrrole nitrogens is 1. The van der Waals surface area contributed by atoms with Crippen LogP contribution in [0.4, 0.5) is 0 Å². The molecule has 0 saturated carbocycles. The van der Waals surface area contributed by atoms with Gasteiger partial charge >= 0.3 is 0 Å². The van der Waals surface area contributed by atoms with Crippen LogP contribution in [0.15, 0.2) is 67.0 Å². The van der Waals surface area contributed by atoms with E-state index in [1.165, 1.54) is 0 Å². The molecular weight excluding hydrogens is 310 g/mol. The lowest BCUT2D eigenvalue weighted by Gasteiger charge is -2.05. The number of hydrogen-bond donors (Lipinski definition) is 1. The number of pyridine rings is 1. The van der Waals surface area contributed by atoms with Crippen molar-refractivity contribution < 1.29 is 4.74 Å². The molecule has 25 heavy (non-hydrogen) atoms. The molecule has 2 heterocycles. The average molecular weight is 325 g/mol. The predicted octanol–water partition coefficient (Wildman–Crippen LogP) is 4.78. The van der Waals surface area contributed by atoms with E-state index in [1.54, 1.807) is 13.2 Å². The van der Waals surface area contributed by atoms with Crippen LogP contribution in [0.3, 0.4) is 0 Å². The topological polar surface area (TPSA) is 61.7 Å². The second-order valence-electron chi connectivity index (χ2n) is 5.75. The van der Waals surface area contributed by atoms with Gasteiger partial charge in [-0.05, 0) is 41.5 Å². The predicted molar refractivity (Wildman–Crippen MR) is 98.2 cm³/mol. The zero-order chi connectivity index (χ0) is 17.2. The van der Waals surface area contributed by atoms with Crippen LogP contribution in [-0.4, -0.2) is 17.1 Å². The Morgan fingerprint density at radius 3 is 2.68 bits per heavy atom. The van der Waals surface area contributed by atoms with Gasteiger partial charge in [0.2, 0.25) is 0 Å². The number of hydrogen-bond acceptors (Lipinski definition) is 3. The van der Waals surface area contributed by atoms with Gasteiger partial charge in [-0.2, -0.15) is 5.26 Å². The molecule has 0 aliphatic carbocycles. The van der Waals surface area contributed by atoms with Gasteiger partial charge in [0, 0.05) is 28.9 Å². The molecular formula is C21H15N3O. The molecule has 0 spiro atoms. The van der Waals surface area contributed by atoms with Gasteiger partial charge < -0.3 is 9.72 Å². The fourth-order valence-corrected chi connectivity index (χ4v) is 2.96. The molecule has 2 aromatic carbocycles. The highest BCUT2D eigenvalue weighted by molar-refractivity contribution is 5.96. The van der Waals surface area contributed by atoms with E-state index in [2.05, 4.69) is 22.1 Å². The third-order valence-corrected chi connectivity index (χ3v) is 4.24. The van der Waals surface area contributed by atoms with Gasteiger partial charge in [0.05, 0.1) is 18.7 Å². The van der Waals surface area contributed by atoms with Crippen LogP contribution in [0.5, 0.6) is 5.75 Å². The minimum atomic E-state index is 0.639. The standard InChI is InChI=1S/C21H15N3O/c1-25-18-7-3-6-16(9-18)20-13-24-21-19(20)10-17(12-23-21)15-5-2-4-14(8-15)11-22/h2-10,12-13H,1H3,(H,23,24). The number of benzene rings is 2. The monoisotopic (exact) mass is 325 g/mol. The summed E-state index contributed by atoms with van der Waals surface area (Å²) < 4.78 is 5.33. The van der Waals surface area contributed by atoms with E-state index >= 15 is 0 Å². The summed E-state index contributed by atoms with van der Waals surface area (Å²) in [7, 11) is 1.66. The summed E-state index contributed by atoms with van der Waals surface area (Å²) in [5.74, 6) is 0.817. The van der Waals surface area contributed by atoms with Crippen molar-refractivity contribution >= 4 is 11.0 Å². The zero-order valence-electron chi connectivity index (χ0n) is 13.7. The molecule has 120 valence electrons. The second kappa shape index (κ2) is 6.14. The highest BCUT2D eigenvalue weighted by Crippen LogP contribution is 2.32. The molecule has 1 N–H and O–H groups in total. The summed E-state index contributed by atoms with van der Waals surface area (Å²) in [6.45, 7) is 0. The first kappa shape index (κ1) is 15.0. The van der Waals surface area contributed by atoms with E-state index in [0.717, 1.165) is 39.0 Å². The number of methoxy groups -OCH3 is 1. The normalized spacial score (nSPS) is 10.6. The molecule has 0 atom stereocenters. The van der Waals surface area contributed by atoms with Crippen molar-refractivity contribution in [2.24, 2.45) is 0 Å². The summed E-state index contributed by atoms with van der Waals surface area (Å²) in [5, 5.41) is 10.1. The number of ether oxygens (including phenoxy) is 1. The maximum atomic E-state index is 9.11. The largest absolute Gasteiger partial charge is 0.497 e. The van der Waals surface area contributed by atoms with E-state index in [-0.39, 0.29) is 0 Å². The van der Waals surface area contributed by atoms with E-state index in [9.17, 15) is 0 Å². The summed E-state index contributed by atoms with van der Waals surface area (Å²) in [4.78, 5) is 7.75. The van der Waals surface area contributed by atoms with Gasteiger partial charge in [-0.25, -0.2) is 4.98 Å². The number of nitrogens with one attached hydrogen (secondary N) is 1. The lowest BCUT2D eigenvalue weighted by molar-refractivity contribution is 0.415. The number of nitriles is 1. The van der Waals surface area contributed by atoms with Crippen LogP contribution in [0.1, 0.15) is 5.56 Å². The Balaban J connectivity index is 1.86. The molecule has 0 radical (unpaired) electrons. The lowest BCUT2D eigenvalue weighted by Crippen LogP contribution is -1.85. The van der Waals surface area contributed by atoms with Gasteiger partial charge in [0.25, 0.3) is 0 Å². The number of fused-ring (bicyclic) bond motifs is 1. The SMILES string of the molecule is COc1cccc(-c2c[nH]c3ncc(-c4cccc(C#N)c4)cc23)c1. The molecule has 4 heteroatoms. The Hall–Kier alpha value is -3.58. The van der Waals surface area contributed by atoms with Gasteiger partial charge in [-0.1, -0.05) is 24.3 Å². The van der Waals surface area contributed by atoms with Crippen LogP contribution in [0.2, 0.25) is 0 Å². The fraction of sp³-hybridized carbons (Fsp3) is 0.0476. The molecule has 4 rings (SSSR count). The van der Waals surface area contributed by atoms with Crippen LogP contribution in [0.25, 0.3) is 33.3 Å². The maximum Gasteiger partial charge on any atom is 0.137 e. The van der Waals surface area contributed by atoms with E-state index in [4.69, 9.17) is 10.00 Å².